The topological polar surface area (TPSA) is 58.4 Å². The van der Waals surface area contributed by atoms with Gasteiger partial charge in [-0.1, -0.05) is 19.0 Å². The number of urea groups is 1. The lowest BCUT2D eigenvalue weighted by atomic mass is 9.97. The van der Waals surface area contributed by atoms with Gasteiger partial charge in [-0.25, -0.2) is 4.79 Å². The molecule has 22 heavy (non-hydrogen) atoms. The van der Waals surface area contributed by atoms with E-state index in [0.717, 1.165) is 43.8 Å². The third kappa shape index (κ3) is 4.49. The average molecular weight is 307 g/mol. The number of amides is 2. The maximum atomic E-state index is 12.3. The highest BCUT2D eigenvalue weighted by Crippen LogP contribution is 2.21. The van der Waals surface area contributed by atoms with E-state index in [4.69, 9.17) is 4.52 Å². The summed E-state index contributed by atoms with van der Waals surface area (Å²) in [4.78, 5) is 14.3. The fraction of sp³-hybridized carbons (Fsp3) is 0.765. The molecular formula is C17H29N3O2. The largest absolute Gasteiger partial charge is 0.361 e. The standard InChI is InChI=1S/C17H29N3O2/c1-12-7-9-20(11-13(2)10-12)17(21)18-8-5-6-16-14(3)19-22-15(16)4/h12-13H,5-11H2,1-4H3,(H,18,21)/t12-,13+/m0/s1. The number of rotatable bonds is 4. The van der Waals surface area contributed by atoms with Crippen molar-refractivity contribution in [2.45, 2.75) is 53.4 Å². The van der Waals surface area contributed by atoms with Crippen LogP contribution < -0.4 is 5.32 Å². The van der Waals surface area contributed by atoms with Crippen molar-refractivity contribution in [2.75, 3.05) is 19.6 Å². The molecule has 5 heteroatoms. The molecule has 0 bridgehead atoms. The molecule has 1 N–H and O–H groups in total. The van der Waals surface area contributed by atoms with Crippen molar-refractivity contribution >= 4 is 6.03 Å². The van der Waals surface area contributed by atoms with E-state index in [9.17, 15) is 4.79 Å². The molecule has 2 amide bonds. The van der Waals surface area contributed by atoms with Crippen LogP contribution >= 0.6 is 0 Å². The molecule has 2 atom stereocenters. The number of nitrogens with one attached hydrogen (secondary N) is 1. The molecule has 0 aromatic carbocycles. The molecule has 0 spiro atoms. The molecular weight excluding hydrogens is 278 g/mol. The van der Waals surface area contributed by atoms with Crippen LogP contribution in [0.25, 0.3) is 0 Å². The van der Waals surface area contributed by atoms with Gasteiger partial charge in [0.15, 0.2) is 0 Å². The Kier molecular flexibility index (Phi) is 5.86. The summed E-state index contributed by atoms with van der Waals surface area (Å²) >= 11 is 0. The van der Waals surface area contributed by atoms with Crippen LogP contribution in [-0.4, -0.2) is 35.7 Å². The third-order valence-electron chi connectivity index (χ3n) is 4.58. The zero-order valence-corrected chi connectivity index (χ0v) is 14.3. The van der Waals surface area contributed by atoms with Crippen molar-refractivity contribution in [1.82, 2.24) is 15.4 Å². The average Bonchev–Trinajstić information content (AvgIpc) is 2.67. The normalized spacial score (nSPS) is 22.5. The molecule has 0 aliphatic carbocycles. The van der Waals surface area contributed by atoms with Gasteiger partial charge in [0.05, 0.1) is 5.69 Å². The van der Waals surface area contributed by atoms with E-state index in [-0.39, 0.29) is 6.03 Å². The molecule has 0 saturated carbocycles. The summed E-state index contributed by atoms with van der Waals surface area (Å²) in [6.45, 7) is 10.9. The van der Waals surface area contributed by atoms with Crippen LogP contribution in [-0.2, 0) is 6.42 Å². The first kappa shape index (κ1) is 16.8. The van der Waals surface area contributed by atoms with Gasteiger partial charge in [0.1, 0.15) is 5.76 Å². The predicted molar refractivity (Wildman–Crippen MR) is 86.8 cm³/mol. The Balaban J connectivity index is 1.73. The summed E-state index contributed by atoms with van der Waals surface area (Å²) in [6.07, 6.45) is 4.13. The summed E-state index contributed by atoms with van der Waals surface area (Å²) in [7, 11) is 0. The van der Waals surface area contributed by atoms with Crippen LogP contribution in [0.1, 0.15) is 50.1 Å². The van der Waals surface area contributed by atoms with Gasteiger partial charge in [-0.15, -0.1) is 0 Å². The van der Waals surface area contributed by atoms with Crippen LogP contribution in [0.4, 0.5) is 4.79 Å². The second-order valence-electron chi connectivity index (χ2n) is 6.82. The number of nitrogens with zero attached hydrogens (tertiary/aromatic N) is 2. The van der Waals surface area contributed by atoms with E-state index in [1.807, 2.05) is 18.7 Å². The lowest BCUT2D eigenvalue weighted by Crippen LogP contribution is -2.42. The third-order valence-corrected chi connectivity index (χ3v) is 4.58. The molecule has 1 saturated heterocycles. The molecule has 0 unspecified atom stereocenters. The number of hydrogen-bond acceptors (Lipinski definition) is 3. The van der Waals surface area contributed by atoms with E-state index < -0.39 is 0 Å². The van der Waals surface area contributed by atoms with Crippen LogP contribution in [0.15, 0.2) is 4.52 Å². The first-order valence-electron chi connectivity index (χ1n) is 8.42. The van der Waals surface area contributed by atoms with Crippen LogP contribution in [0.5, 0.6) is 0 Å². The minimum absolute atomic E-state index is 0.0831. The van der Waals surface area contributed by atoms with Gasteiger partial charge in [0.2, 0.25) is 0 Å². The van der Waals surface area contributed by atoms with Gasteiger partial charge >= 0.3 is 6.03 Å². The van der Waals surface area contributed by atoms with Gasteiger partial charge in [0, 0.05) is 25.2 Å². The molecule has 2 rings (SSSR count). The number of hydrogen-bond donors (Lipinski definition) is 1. The van der Waals surface area contributed by atoms with Gasteiger partial charge in [-0.3, -0.25) is 0 Å². The highest BCUT2D eigenvalue weighted by atomic mass is 16.5. The Morgan fingerprint density at radius 3 is 2.82 bits per heavy atom. The maximum Gasteiger partial charge on any atom is 0.317 e. The molecule has 1 fully saturated rings. The quantitative estimate of drug-likeness (QED) is 0.868. The van der Waals surface area contributed by atoms with E-state index >= 15 is 0 Å². The number of aromatic nitrogens is 1. The second-order valence-corrected chi connectivity index (χ2v) is 6.82. The molecule has 2 heterocycles. The molecule has 1 aromatic rings. The monoisotopic (exact) mass is 307 g/mol. The Morgan fingerprint density at radius 1 is 1.36 bits per heavy atom. The first-order chi connectivity index (χ1) is 10.5. The smallest absolute Gasteiger partial charge is 0.317 e. The Morgan fingerprint density at radius 2 is 2.14 bits per heavy atom. The van der Waals surface area contributed by atoms with Crippen molar-refractivity contribution in [2.24, 2.45) is 11.8 Å². The number of likely N-dealkylation sites (tertiary alicyclic amines) is 1. The van der Waals surface area contributed by atoms with E-state index in [0.29, 0.717) is 18.4 Å². The lowest BCUT2D eigenvalue weighted by molar-refractivity contribution is 0.193. The SMILES string of the molecule is Cc1noc(C)c1CCCNC(=O)N1CC[C@H](C)C[C@@H](C)C1. The summed E-state index contributed by atoms with van der Waals surface area (Å²) in [6, 6.07) is 0.0831. The first-order valence-corrected chi connectivity index (χ1v) is 8.42. The van der Waals surface area contributed by atoms with Gasteiger partial charge < -0.3 is 14.7 Å². The molecule has 1 aliphatic rings. The highest BCUT2D eigenvalue weighted by Gasteiger charge is 2.22. The number of aryl methyl sites for hydroxylation is 2. The van der Waals surface area contributed by atoms with Crippen molar-refractivity contribution in [1.29, 1.82) is 0 Å². The van der Waals surface area contributed by atoms with Crippen LogP contribution in [0.3, 0.4) is 0 Å². The molecule has 124 valence electrons. The maximum absolute atomic E-state index is 12.3. The molecule has 0 radical (unpaired) electrons. The molecule has 5 nitrogen and oxygen atoms in total. The fourth-order valence-corrected chi connectivity index (χ4v) is 3.34. The lowest BCUT2D eigenvalue weighted by Gasteiger charge is -2.23. The Labute approximate surface area is 133 Å². The van der Waals surface area contributed by atoms with Crippen LogP contribution in [0, 0.1) is 25.7 Å². The Bertz CT molecular complexity index is 479. The van der Waals surface area contributed by atoms with Crippen molar-refractivity contribution < 1.29 is 9.32 Å². The second kappa shape index (κ2) is 7.65. The highest BCUT2D eigenvalue weighted by molar-refractivity contribution is 5.74. The van der Waals surface area contributed by atoms with Crippen molar-refractivity contribution in [3.63, 3.8) is 0 Å². The fourth-order valence-electron chi connectivity index (χ4n) is 3.34. The minimum Gasteiger partial charge on any atom is -0.361 e. The zero-order valence-electron chi connectivity index (χ0n) is 14.3. The summed E-state index contributed by atoms with van der Waals surface area (Å²) in [5.41, 5.74) is 2.13. The van der Waals surface area contributed by atoms with Gasteiger partial charge in [0.25, 0.3) is 0 Å². The van der Waals surface area contributed by atoms with E-state index in [1.165, 1.54) is 12.0 Å². The van der Waals surface area contributed by atoms with Gasteiger partial charge in [-0.05, 0) is 51.4 Å². The summed E-state index contributed by atoms with van der Waals surface area (Å²) in [5.74, 6) is 2.19. The minimum atomic E-state index is 0.0831. The molecule has 1 aromatic heterocycles. The number of carbonyl (C=O) groups excluding carboxylic acids is 1. The van der Waals surface area contributed by atoms with Crippen molar-refractivity contribution in [3.05, 3.63) is 17.0 Å². The van der Waals surface area contributed by atoms with E-state index in [2.05, 4.69) is 24.3 Å². The predicted octanol–water partition coefficient (Wildman–Crippen LogP) is 3.30. The summed E-state index contributed by atoms with van der Waals surface area (Å²) in [5, 5.41) is 7.01. The summed E-state index contributed by atoms with van der Waals surface area (Å²) < 4.78 is 5.16. The van der Waals surface area contributed by atoms with Crippen molar-refractivity contribution in [3.8, 4) is 0 Å². The van der Waals surface area contributed by atoms with Crippen LogP contribution in [0.2, 0.25) is 0 Å². The van der Waals surface area contributed by atoms with E-state index in [1.54, 1.807) is 0 Å². The van der Waals surface area contributed by atoms with Gasteiger partial charge in [-0.2, -0.15) is 0 Å². The molecule has 1 aliphatic heterocycles. The number of carbonyl (C=O) groups is 1. The Hall–Kier alpha value is -1.52. The zero-order chi connectivity index (χ0) is 16.1.